The van der Waals surface area contributed by atoms with Gasteiger partial charge in [-0.3, -0.25) is 0 Å². The fourth-order valence-corrected chi connectivity index (χ4v) is 1.99. The van der Waals surface area contributed by atoms with Gasteiger partial charge in [-0.05, 0) is 53.6 Å². The molecule has 1 saturated heterocycles. The first-order valence-corrected chi connectivity index (χ1v) is 8.03. The van der Waals surface area contributed by atoms with Crippen LogP contribution in [0.15, 0.2) is 24.2 Å². The van der Waals surface area contributed by atoms with Crippen molar-refractivity contribution in [2.24, 2.45) is 0 Å². The van der Waals surface area contributed by atoms with Crippen LogP contribution in [0.25, 0.3) is 0 Å². The molecular formula is C17H34BNO2. The van der Waals surface area contributed by atoms with Crippen LogP contribution in [0, 0.1) is 0 Å². The van der Waals surface area contributed by atoms with Crippen molar-refractivity contribution in [3.8, 4) is 0 Å². The predicted molar refractivity (Wildman–Crippen MR) is 93.5 cm³/mol. The molecule has 0 unspecified atom stereocenters. The Labute approximate surface area is 132 Å². The zero-order valence-corrected chi connectivity index (χ0v) is 15.3. The molecule has 0 aromatic carbocycles. The molecule has 2 aliphatic rings. The zero-order valence-electron chi connectivity index (χ0n) is 15.3. The lowest BCUT2D eigenvalue weighted by Gasteiger charge is -2.32. The summed E-state index contributed by atoms with van der Waals surface area (Å²) in [6.07, 6.45) is 5.04. The molecule has 0 amide bonds. The van der Waals surface area contributed by atoms with E-state index < -0.39 is 0 Å². The molecule has 0 aromatic rings. The smallest absolute Gasteiger partial charge is 0.400 e. The van der Waals surface area contributed by atoms with Crippen molar-refractivity contribution >= 4 is 7.12 Å². The van der Waals surface area contributed by atoms with E-state index in [0.29, 0.717) is 0 Å². The van der Waals surface area contributed by atoms with Gasteiger partial charge in [-0.25, -0.2) is 0 Å². The predicted octanol–water partition coefficient (Wildman–Crippen LogP) is 4.10. The molecule has 4 heteroatoms. The quantitative estimate of drug-likeness (QED) is 0.537. The Kier molecular flexibility index (Phi) is 8.53. The van der Waals surface area contributed by atoms with E-state index in [-0.39, 0.29) is 18.3 Å². The van der Waals surface area contributed by atoms with Gasteiger partial charge in [0.25, 0.3) is 0 Å². The summed E-state index contributed by atoms with van der Waals surface area (Å²) in [6.45, 7) is 19.7. The van der Waals surface area contributed by atoms with Gasteiger partial charge in [0.1, 0.15) is 0 Å². The van der Waals surface area contributed by atoms with Gasteiger partial charge in [-0.2, -0.15) is 0 Å². The second-order valence-corrected chi connectivity index (χ2v) is 6.29. The Morgan fingerprint density at radius 1 is 1.19 bits per heavy atom. The molecule has 0 spiro atoms. The Morgan fingerprint density at radius 3 is 1.95 bits per heavy atom. The molecule has 0 N–H and O–H groups in total. The number of rotatable bonds is 1. The fourth-order valence-electron chi connectivity index (χ4n) is 1.99. The molecule has 2 heterocycles. The van der Waals surface area contributed by atoms with Crippen LogP contribution >= 0.6 is 0 Å². The number of nitrogens with zero attached hydrogens (tertiary/aromatic N) is 1. The lowest BCUT2D eigenvalue weighted by molar-refractivity contribution is 0.00578. The molecule has 0 bridgehead atoms. The third kappa shape index (κ3) is 5.61. The molecule has 2 rings (SSSR count). The van der Waals surface area contributed by atoms with Crippen LogP contribution in [0.5, 0.6) is 0 Å². The average molecular weight is 295 g/mol. The normalized spacial score (nSPS) is 23.2. The van der Waals surface area contributed by atoms with Crippen LogP contribution in [0.1, 0.15) is 54.9 Å². The molecule has 0 saturated carbocycles. The SMILES string of the molecule is C=CC.CC.CN1CC=C(B2OC(C)(C)C(C)(C)O2)CC1. The summed E-state index contributed by atoms with van der Waals surface area (Å²) in [7, 11) is 2.00. The number of allylic oxidation sites excluding steroid dienone is 1. The second-order valence-electron chi connectivity index (χ2n) is 6.29. The van der Waals surface area contributed by atoms with Crippen LogP contribution in [-0.2, 0) is 9.31 Å². The maximum Gasteiger partial charge on any atom is 0.490 e. The van der Waals surface area contributed by atoms with E-state index >= 15 is 0 Å². The topological polar surface area (TPSA) is 21.7 Å². The van der Waals surface area contributed by atoms with Crippen LogP contribution in [0.3, 0.4) is 0 Å². The molecule has 0 atom stereocenters. The summed E-state index contributed by atoms with van der Waals surface area (Å²) in [6, 6.07) is 0. The van der Waals surface area contributed by atoms with E-state index in [1.165, 1.54) is 5.47 Å². The van der Waals surface area contributed by atoms with Crippen LogP contribution < -0.4 is 0 Å². The minimum absolute atomic E-state index is 0.140. The Bertz CT molecular complexity index is 335. The molecule has 2 aliphatic heterocycles. The highest BCUT2D eigenvalue weighted by atomic mass is 16.7. The first kappa shape index (κ1) is 20.4. The summed E-state index contributed by atoms with van der Waals surface area (Å²) < 4.78 is 12.1. The number of hydrogen-bond acceptors (Lipinski definition) is 3. The Morgan fingerprint density at radius 2 is 1.62 bits per heavy atom. The maximum atomic E-state index is 6.03. The molecule has 0 aromatic heterocycles. The van der Waals surface area contributed by atoms with Crippen LogP contribution in [0.2, 0.25) is 0 Å². The largest absolute Gasteiger partial charge is 0.490 e. The van der Waals surface area contributed by atoms with Crippen molar-refractivity contribution in [1.82, 2.24) is 4.90 Å². The van der Waals surface area contributed by atoms with Crippen LogP contribution in [-0.4, -0.2) is 43.4 Å². The van der Waals surface area contributed by atoms with Gasteiger partial charge in [-0.1, -0.05) is 26.0 Å². The monoisotopic (exact) mass is 295 g/mol. The van der Waals surface area contributed by atoms with Crippen molar-refractivity contribution in [3.05, 3.63) is 24.2 Å². The van der Waals surface area contributed by atoms with E-state index in [2.05, 4.69) is 52.3 Å². The molecule has 21 heavy (non-hydrogen) atoms. The summed E-state index contributed by atoms with van der Waals surface area (Å²) in [5, 5.41) is 0. The van der Waals surface area contributed by atoms with E-state index in [4.69, 9.17) is 9.31 Å². The minimum atomic E-state index is -0.220. The molecule has 1 fully saturated rings. The van der Waals surface area contributed by atoms with E-state index in [0.717, 1.165) is 19.5 Å². The van der Waals surface area contributed by atoms with Gasteiger partial charge in [0, 0.05) is 13.1 Å². The standard InChI is InChI=1S/C12H22BNO2.C3H6.C2H6/c1-11(2)12(3,4)16-13(15-11)10-6-8-14(5)9-7-10;1-3-2;1-2/h6H,7-9H2,1-5H3;3H,1H2,2H3;1-2H3. The summed E-state index contributed by atoms with van der Waals surface area (Å²) in [5.41, 5.74) is 0.862. The maximum absolute atomic E-state index is 6.03. The molecule has 3 nitrogen and oxygen atoms in total. The second kappa shape index (κ2) is 8.77. The van der Waals surface area contributed by atoms with Gasteiger partial charge in [0.2, 0.25) is 0 Å². The number of hydrogen-bond donors (Lipinski definition) is 0. The molecule has 0 aliphatic carbocycles. The lowest BCUT2D eigenvalue weighted by atomic mass is 9.75. The van der Waals surface area contributed by atoms with Gasteiger partial charge >= 0.3 is 7.12 Å². The van der Waals surface area contributed by atoms with Crippen molar-refractivity contribution in [2.45, 2.75) is 66.1 Å². The van der Waals surface area contributed by atoms with Crippen molar-refractivity contribution < 1.29 is 9.31 Å². The third-order valence-corrected chi connectivity index (χ3v) is 4.00. The van der Waals surface area contributed by atoms with Gasteiger partial charge in [0.15, 0.2) is 0 Å². The Balaban J connectivity index is 0.000000713. The molecular weight excluding hydrogens is 261 g/mol. The minimum Gasteiger partial charge on any atom is -0.400 e. The van der Waals surface area contributed by atoms with Crippen LogP contribution in [0.4, 0.5) is 0 Å². The highest BCUT2D eigenvalue weighted by Crippen LogP contribution is 2.39. The summed E-state index contributed by atoms with van der Waals surface area (Å²) in [5.74, 6) is 0. The third-order valence-electron chi connectivity index (χ3n) is 4.00. The zero-order chi connectivity index (χ0) is 16.7. The van der Waals surface area contributed by atoms with Gasteiger partial charge in [0.05, 0.1) is 11.2 Å². The fraction of sp³-hybridized carbons (Fsp3) is 0.765. The number of likely N-dealkylation sites (N-methyl/N-ethyl adjacent to an activating group) is 1. The van der Waals surface area contributed by atoms with E-state index in [1.807, 2.05) is 20.8 Å². The highest BCUT2D eigenvalue weighted by molar-refractivity contribution is 6.54. The first-order valence-electron chi connectivity index (χ1n) is 8.03. The summed E-state index contributed by atoms with van der Waals surface area (Å²) in [4.78, 5) is 2.30. The molecule has 0 radical (unpaired) electrons. The molecule has 122 valence electrons. The lowest BCUT2D eigenvalue weighted by Crippen LogP contribution is -2.41. The Hall–Kier alpha value is -0.575. The average Bonchev–Trinajstić information content (AvgIpc) is 2.62. The summed E-state index contributed by atoms with van der Waals surface area (Å²) >= 11 is 0. The van der Waals surface area contributed by atoms with Crippen molar-refractivity contribution in [2.75, 3.05) is 20.1 Å². The first-order chi connectivity index (χ1) is 9.73. The van der Waals surface area contributed by atoms with Crippen molar-refractivity contribution in [3.63, 3.8) is 0 Å². The highest BCUT2D eigenvalue weighted by Gasteiger charge is 2.52. The van der Waals surface area contributed by atoms with Gasteiger partial charge < -0.3 is 14.2 Å². The van der Waals surface area contributed by atoms with E-state index in [1.54, 1.807) is 6.08 Å². The van der Waals surface area contributed by atoms with Crippen molar-refractivity contribution in [1.29, 1.82) is 0 Å². The van der Waals surface area contributed by atoms with Gasteiger partial charge in [-0.15, -0.1) is 6.58 Å². The van der Waals surface area contributed by atoms with E-state index in [9.17, 15) is 0 Å².